The Morgan fingerprint density at radius 2 is 1.95 bits per heavy atom. The molecule has 0 aromatic carbocycles. The Morgan fingerprint density at radius 1 is 1.29 bits per heavy atom. The van der Waals surface area contributed by atoms with Gasteiger partial charge in [0.2, 0.25) is 0 Å². The van der Waals surface area contributed by atoms with E-state index in [-0.39, 0.29) is 12.1 Å². The minimum absolute atomic E-state index is 0.123. The molecule has 1 saturated carbocycles. The van der Waals surface area contributed by atoms with E-state index in [2.05, 4.69) is 22.5 Å². The van der Waals surface area contributed by atoms with Gasteiger partial charge in [-0.3, -0.25) is 0 Å². The third-order valence-corrected chi connectivity index (χ3v) is 4.86. The molecule has 0 bridgehead atoms. The fourth-order valence-electron chi connectivity index (χ4n) is 3.37. The minimum atomic E-state index is -0.666. The van der Waals surface area contributed by atoms with Crippen LogP contribution in [0.5, 0.6) is 0 Å². The summed E-state index contributed by atoms with van der Waals surface area (Å²) in [6.07, 6.45) is 8.31. The lowest BCUT2D eigenvalue weighted by Crippen LogP contribution is -2.50. The lowest BCUT2D eigenvalue weighted by atomic mass is 10.0. The molecule has 0 aromatic heterocycles. The number of amides is 2. The first-order valence-electron chi connectivity index (χ1n) is 8.60. The lowest BCUT2D eigenvalue weighted by molar-refractivity contribution is 0.0499. The van der Waals surface area contributed by atoms with E-state index < -0.39 is 5.60 Å². The summed E-state index contributed by atoms with van der Waals surface area (Å²) in [5, 5.41) is 16.1. The van der Waals surface area contributed by atoms with Crippen LogP contribution in [-0.4, -0.2) is 53.9 Å². The first-order valence-corrected chi connectivity index (χ1v) is 8.60. The van der Waals surface area contributed by atoms with Crippen LogP contribution >= 0.6 is 0 Å². The molecule has 1 saturated heterocycles. The summed E-state index contributed by atoms with van der Waals surface area (Å²) >= 11 is 0. The third kappa shape index (κ3) is 5.47. The lowest BCUT2D eigenvalue weighted by Gasteiger charge is -2.32. The smallest absolute Gasteiger partial charge is 0.315 e. The average Bonchev–Trinajstić information content (AvgIpc) is 2.92. The first kappa shape index (κ1) is 16.6. The second kappa shape index (κ2) is 7.99. The van der Waals surface area contributed by atoms with Crippen LogP contribution in [0.25, 0.3) is 0 Å². The molecule has 1 aliphatic carbocycles. The van der Waals surface area contributed by atoms with Gasteiger partial charge >= 0.3 is 6.03 Å². The Labute approximate surface area is 128 Å². The summed E-state index contributed by atoms with van der Waals surface area (Å²) in [7, 11) is 0. The summed E-state index contributed by atoms with van der Waals surface area (Å²) in [6, 6.07) is 0.156. The maximum absolute atomic E-state index is 11.9. The number of unbranched alkanes of at least 4 members (excludes halogenated alkanes) is 1. The van der Waals surface area contributed by atoms with Crippen molar-refractivity contribution < 1.29 is 9.90 Å². The molecule has 5 heteroatoms. The number of likely N-dealkylation sites (tertiary alicyclic amines) is 1. The van der Waals surface area contributed by atoms with Crippen molar-refractivity contribution in [3.05, 3.63) is 0 Å². The van der Waals surface area contributed by atoms with E-state index in [1.165, 1.54) is 19.4 Å². The molecule has 5 nitrogen and oxygen atoms in total. The second-order valence-corrected chi connectivity index (χ2v) is 6.73. The van der Waals surface area contributed by atoms with Crippen molar-refractivity contribution in [3.8, 4) is 0 Å². The fourth-order valence-corrected chi connectivity index (χ4v) is 3.37. The van der Waals surface area contributed by atoms with Gasteiger partial charge in [0.1, 0.15) is 0 Å². The maximum Gasteiger partial charge on any atom is 0.315 e. The van der Waals surface area contributed by atoms with Crippen molar-refractivity contribution in [2.75, 3.05) is 26.2 Å². The Morgan fingerprint density at radius 3 is 2.57 bits per heavy atom. The number of aliphatic hydroxyl groups is 1. The van der Waals surface area contributed by atoms with E-state index in [0.717, 1.165) is 51.6 Å². The average molecular weight is 297 g/mol. The van der Waals surface area contributed by atoms with Crippen molar-refractivity contribution >= 4 is 6.03 Å². The highest BCUT2D eigenvalue weighted by Gasteiger charge is 2.31. The van der Waals surface area contributed by atoms with Gasteiger partial charge in [0.25, 0.3) is 0 Å². The fraction of sp³-hybridized carbons (Fsp3) is 0.938. The van der Waals surface area contributed by atoms with Gasteiger partial charge < -0.3 is 20.6 Å². The van der Waals surface area contributed by atoms with Gasteiger partial charge in [0.05, 0.1) is 5.60 Å². The van der Waals surface area contributed by atoms with E-state index in [9.17, 15) is 9.90 Å². The van der Waals surface area contributed by atoms with Crippen LogP contribution in [0.2, 0.25) is 0 Å². The number of hydrogen-bond donors (Lipinski definition) is 3. The molecule has 0 radical (unpaired) electrons. The van der Waals surface area contributed by atoms with Crippen molar-refractivity contribution in [3.63, 3.8) is 0 Å². The Hall–Kier alpha value is -0.810. The van der Waals surface area contributed by atoms with Gasteiger partial charge in [0, 0.05) is 25.7 Å². The van der Waals surface area contributed by atoms with Crippen LogP contribution in [0, 0.1) is 0 Å². The highest BCUT2D eigenvalue weighted by Crippen LogP contribution is 2.28. The molecular formula is C16H31N3O2. The number of hydrogen-bond acceptors (Lipinski definition) is 3. The second-order valence-electron chi connectivity index (χ2n) is 6.73. The Kier molecular flexibility index (Phi) is 6.30. The molecule has 21 heavy (non-hydrogen) atoms. The van der Waals surface area contributed by atoms with E-state index in [1.807, 2.05) is 0 Å². The zero-order chi connectivity index (χ0) is 15.1. The Bertz CT molecular complexity index is 321. The molecule has 122 valence electrons. The van der Waals surface area contributed by atoms with Crippen LogP contribution in [0.15, 0.2) is 0 Å². The van der Waals surface area contributed by atoms with E-state index >= 15 is 0 Å². The van der Waals surface area contributed by atoms with Gasteiger partial charge in [-0.05, 0) is 38.6 Å². The number of rotatable bonds is 6. The van der Waals surface area contributed by atoms with Crippen LogP contribution in [0.1, 0.15) is 58.3 Å². The number of urea groups is 1. The molecule has 2 aliphatic rings. The van der Waals surface area contributed by atoms with Crippen molar-refractivity contribution in [2.45, 2.75) is 69.9 Å². The molecular weight excluding hydrogens is 266 g/mol. The first-order chi connectivity index (χ1) is 10.1. The van der Waals surface area contributed by atoms with Crippen LogP contribution in [-0.2, 0) is 0 Å². The molecule has 0 atom stereocenters. The molecule has 0 spiro atoms. The van der Waals surface area contributed by atoms with Gasteiger partial charge in [0.15, 0.2) is 0 Å². The summed E-state index contributed by atoms with van der Waals surface area (Å²) < 4.78 is 0. The summed E-state index contributed by atoms with van der Waals surface area (Å²) in [6.45, 7) is 5.94. The zero-order valence-electron chi connectivity index (χ0n) is 13.4. The molecule has 0 unspecified atom stereocenters. The molecule has 1 heterocycles. The molecule has 1 aliphatic heterocycles. The van der Waals surface area contributed by atoms with Gasteiger partial charge in [-0.2, -0.15) is 0 Å². The largest absolute Gasteiger partial charge is 0.388 e. The van der Waals surface area contributed by atoms with Crippen LogP contribution in [0.3, 0.4) is 0 Å². The summed E-state index contributed by atoms with van der Waals surface area (Å²) in [4.78, 5) is 14.4. The number of carbonyl (C=O) groups is 1. The number of piperidine rings is 1. The van der Waals surface area contributed by atoms with Crippen molar-refractivity contribution in [1.82, 2.24) is 15.5 Å². The normalized spacial score (nSPS) is 23.1. The number of nitrogens with one attached hydrogen (secondary N) is 2. The Balaban J connectivity index is 1.60. The topological polar surface area (TPSA) is 64.6 Å². The van der Waals surface area contributed by atoms with Gasteiger partial charge in [-0.15, -0.1) is 0 Å². The van der Waals surface area contributed by atoms with Crippen molar-refractivity contribution in [1.29, 1.82) is 0 Å². The SMILES string of the molecule is CCCCN1CCC(NC(=O)NCC2(O)CCCC2)CC1. The summed E-state index contributed by atoms with van der Waals surface area (Å²) in [5.41, 5.74) is -0.666. The molecule has 2 rings (SSSR count). The highest BCUT2D eigenvalue weighted by atomic mass is 16.3. The van der Waals surface area contributed by atoms with E-state index in [1.54, 1.807) is 0 Å². The van der Waals surface area contributed by atoms with Crippen LogP contribution < -0.4 is 10.6 Å². The molecule has 0 aromatic rings. The molecule has 3 N–H and O–H groups in total. The van der Waals surface area contributed by atoms with E-state index in [0.29, 0.717) is 6.54 Å². The van der Waals surface area contributed by atoms with Crippen molar-refractivity contribution in [2.24, 2.45) is 0 Å². The maximum atomic E-state index is 11.9. The standard InChI is InChI=1S/C16H31N3O2/c1-2-3-10-19-11-6-14(7-12-19)18-15(20)17-13-16(21)8-4-5-9-16/h14,21H,2-13H2,1H3,(H2,17,18,20). The predicted octanol–water partition coefficient (Wildman–Crippen LogP) is 1.86. The predicted molar refractivity (Wildman–Crippen MR) is 84.3 cm³/mol. The van der Waals surface area contributed by atoms with Crippen LogP contribution in [0.4, 0.5) is 4.79 Å². The number of nitrogens with zero attached hydrogens (tertiary/aromatic N) is 1. The van der Waals surface area contributed by atoms with E-state index in [4.69, 9.17) is 0 Å². The van der Waals surface area contributed by atoms with Gasteiger partial charge in [-0.1, -0.05) is 26.2 Å². The quantitative estimate of drug-likeness (QED) is 0.701. The highest BCUT2D eigenvalue weighted by molar-refractivity contribution is 5.74. The third-order valence-electron chi connectivity index (χ3n) is 4.86. The minimum Gasteiger partial charge on any atom is -0.388 e. The summed E-state index contributed by atoms with van der Waals surface area (Å²) in [5.74, 6) is 0. The zero-order valence-corrected chi connectivity index (χ0v) is 13.4. The molecule has 2 fully saturated rings. The van der Waals surface area contributed by atoms with Gasteiger partial charge in [-0.25, -0.2) is 4.79 Å². The number of carbonyl (C=O) groups excluding carboxylic acids is 1. The monoisotopic (exact) mass is 297 g/mol. The molecule has 2 amide bonds.